The van der Waals surface area contributed by atoms with E-state index in [9.17, 15) is 18.0 Å². The number of rotatable bonds is 10. The standard InChI is InChI=1S/C23H27F3N6O2/c1-6-21(23(24,25)26)30-11-16(4)31(5)32(14-27)13-18(22(33)34-15(2)3)17-10-20-19(29-12-17)8-7-9-28-20/h6-10,12-16,27H,1,11H2,2-5H3/b18-13+,27-14?,30-21+. The Bertz CT molecular complexity index is 1100. The van der Waals surface area contributed by atoms with Gasteiger partial charge in [0.1, 0.15) is 12.1 Å². The summed E-state index contributed by atoms with van der Waals surface area (Å²) in [6.07, 6.45) is 1.03. The van der Waals surface area contributed by atoms with Crippen molar-refractivity contribution in [2.45, 2.75) is 39.1 Å². The number of carbonyl (C=O) groups excluding carboxylic acids is 1. The van der Waals surface area contributed by atoms with Gasteiger partial charge >= 0.3 is 12.1 Å². The molecule has 0 aromatic carbocycles. The Kier molecular flexibility index (Phi) is 9.02. The van der Waals surface area contributed by atoms with Crippen molar-refractivity contribution in [1.82, 2.24) is 20.0 Å². The van der Waals surface area contributed by atoms with Gasteiger partial charge in [-0.1, -0.05) is 6.58 Å². The van der Waals surface area contributed by atoms with Gasteiger partial charge in [0.25, 0.3) is 0 Å². The first kappa shape index (κ1) is 26.7. The number of carbonyl (C=O) groups is 1. The highest BCUT2D eigenvalue weighted by Crippen LogP contribution is 2.22. The minimum Gasteiger partial charge on any atom is -0.459 e. The molecule has 2 aromatic rings. The SMILES string of the molecule is C=C/C(=N\CC(C)N(C)N(C=N)/C=C(/C(=O)OC(C)C)c1cnc2cccnc2c1)C(F)(F)F. The summed E-state index contributed by atoms with van der Waals surface area (Å²) in [5, 5.41) is 10.5. The van der Waals surface area contributed by atoms with Gasteiger partial charge in [-0.15, -0.1) is 0 Å². The number of hydrogen-bond donors (Lipinski definition) is 1. The Balaban J connectivity index is 2.41. The number of aliphatic imine (C=N–C) groups is 1. The molecule has 0 saturated carbocycles. The number of allylic oxidation sites excluding steroid dienone is 1. The third-order valence-electron chi connectivity index (χ3n) is 4.73. The zero-order chi connectivity index (χ0) is 25.5. The van der Waals surface area contributed by atoms with Crippen LogP contribution in [0.3, 0.4) is 0 Å². The highest BCUT2D eigenvalue weighted by molar-refractivity contribution is 6.17. The molecule has 0 aliphatic heterocycles. The van der Waals surface area contributed by atoms with Crippen LogP contribution in [0.2, 0.25) is 0 Å². The summed E-state index contributed by atoms with van der Waals surface area (Å²) in [5.41, 5.74) is 0.624. The molecule has 8 nitrogen and oxygen atoms in total. The molecule has 0 radical (unpaired) electrons. The van der Waals surface area contributed by atoms with Gasteiger partial charge in [-0.2, -0.15) is 13.2 Å². The van der Waals surface area contributed by atoms with E-state index in [1.807, 2.05) is 0 Å². The topological polar surface area (TPSA) is 94.8 Å². The van der Waals surface area contributed by atoms with Crippen molar-refractivity contribution in [2.75, 3.05) is 13.6 Å². The van der Waals surface area contributed by atoms with Crippen LogP contribution in [0.25, 0.3) is 16.6 Å². The molecule has 2 heterocycles. The molecule has 1 atom stereocenters. The van der Waals surface area contributed by atoms with Crippen molar-refractivity contribution in [3.8, 4) is 0 Å². The van der Waals surface area contributed by atoms with Crippen molar-refractivity contribution in [2.24, 2.45) is 4.99 Å². The predicted octanol–water partition coefficient (Wildman–Crippen LogP) is 4.26. The fourth-order valence-electron chi connectivity index (χ4n) is 2.82. The minimum absolute atomic E-state index is 0.0990. The molecule has 0 aliphatic rings. The van der Waals surface area contributed by atoms with E-state index in [-0.39, 0.29) is 12.1 Å². The Labute approximate surface area is 195 Å². The lowest BCUT2D eigenvalue weighted by Gasteiger charge is -2.32. The minimum atomic E-state index is -4.61. The van der Waals surface area contributed by atoms with Gasteiger partial charge in [0.2, 0.25) is 0 Å². The van der Waals surface area contributed by atoms with Gasteiger partial charge in [0, 0.05) is 37.2 Å². The quantitative estimate of drug-likeness (QED) is 0.181. The summed E-state index contributed by atoms with van der Waals surface area (Å²) >= 11 is 0. The van der Waals surface area contributed by atoms with Crippen LogP contribution in [0.15, 0.2) is 54.4 Å². The highest BCUT2D eigenvalue weighted by Gasteiger charge is 2.33. The number of nitrogens with one attached hydrogen (secondary N) is 1. The lowest BCUT2D eigenvalue weighted by molar-refractivity contribution is -0.140. The number of hydrazine groups is 1. The Morgan fingerprint density at radius 2 is 2.00 bits per heavy atom. The molecule has 1 unspecified atom stereocenters. The summed E-state index contributed by atoms with van der Waals surface area (Å²) in [5.74, 6) is -0.649. The zero-order valence-electron chi connectivity index (χ0n) is 19.4. The summed E-state index contributed by atoms with van der Waals surface area (Å²) in [6.45, 7) is 7.98. The average molecular weight is 477 g/mol. The normalized spacial score (nSPS) is 13.8. The third-order valence-corrected chi connectivity index (χ3v) is 4.73. The van der Waals surface area contributed by atoms with Crippen LogP contribution in [0.1, 0.15) is 26.3 Å². The van der Waals surface area contributed by atoms with E-state index in [1.54, 1.807) is 52.2 Å². The number of esters is 1. The number of ether oxygens (including phenoxy) is 1. The van der Waals surface area contributed by atoms with Gasteiger partial charge in [-0.05, 0) is 45.0 Å². The lowest BCUT2D eigenvalue weighted by Crippen LogP contribution is -2.43. The van der Waals surface area contributed by atoms with Crippen LogP contribution in [0.5, 0.6) is 0 Å². The lowest BCUT2D eigenvalue weighted by atomic mass is 10.1. The maximum absolute atomic E-state index is 12.9. The maximum atomic E-state index is 12.9. The smallest absolute Gasteiger partial charge is 0.432 e. The van der Waals surface area contributed by atoms with E-state index in [1.165, 1.54) is 22.4 Å². The molecule has 0 spiro atoms. The van der Waals surface area contributed by atoms with Crippen LogP contribution >= 0.6 is 0 Å². The van der Waals surface area contributed by atoms with E-state index in [2.05, 4.69) is 21.5 Å². The van der Waals surface area contributed by atoms with Crippen LogP contribution < -0.4 is 0 Å². The molecule has 1 N–H and O–H groups in total. The summed E-state index contributed by atoms with van der Waals surface area (Å²) in [4.78, 5) is 25.1. The van der Waals surface area contributed by atoms with Crippen LogP contribution in [0, 0.1) is 5.41 Å². The van der Waals surface area contributed by atoms with E-state index < -0.39 is 30.0 Å². The molecule has 0 saturated heterocycles. The molecular formula is C23H27F3N6O2. The molecule has 34 heavy (non-hydrogen) atoms. The molecule has 182 valence electrons. The number of aromatic nitrogens is 2. The molecule has 0 aliphatic carbocycles. The Morgan fingerprint density at radius 3 is 2.59 bits per heavy atom. The van der Waals surface area contributed by atoms with Crippen molar-refractivity contribution in [1.29, 1.82) is 5.41 Å². The van der Waals surface area contributed by atoms with E-state index >= 15 is 0 Å². The second kappa shape index (κ2) is 11.5. The van der Waals surface area contributed by atoms with Gasteiger partial charge in [-0.25, -0.2) is 9.80 Å². The number of likely N-dealkylation sites (N-methyl/N-ethyl adjacent to an activating group) is 1. The van der Waals surface area contributed by atoms with E-state index in [0.29, 0.717) is 22.7 Å². The van der Waals surface area contributed by atoms with Gasteiger partial charge in [0.05, 0.1) is 29.3 Å². The summed E-state index contributed by atoms with van der Waals surface area (Å²) < 4.78 is 44.1. The first-order chi connectivity index (χ1) is 16.0. The Morgan fingerprint density at radius 1 is 1.29 bits per heavy atom. The molecule has 2 aromatic heterocycles. The summed E-state index contributed by atoms with van der Waals surface area (Å²) in [7, 11) is 1.56. The first-order valence-corrected chi connectivity index (χ1v) is 10.4. The van der Waals surface area contributed by atoms with E-state index in [4.69, 9.17) is 10.1 Å². The van der Waals surface area contributed by atoms with E-state index in [0.717, 1.165) is 6.34 Å². The van der Waals surface area contributed by atoms with Crippen molar-refractivity contribution in [3.63, 3.8) is 0 Å². The highest BCUT2D eigenvalue weighted by atomic mass is 19.4. The van der Waals surface area contributed by atoms with Crippen molar-refractivity contribution >= 4 is 34.6 Å². The Hall–Kier alpha value is -3.60. The first-order valence-electron chi connectivity index (χ1n) is 10.4. The molecule has 0 bridgehead atoms. The van der Waals surface area contributed by atoms with Crippen LogP contribution in [-0.2, 0) is 9.53 Å². The largest absolute Gasteiger partial charge is 0.459 e. The average Bonchev–Trinajstić information content (AvgIpc) is 2.78. The second-order valence-corrected chi connectivity index (χ2v) is 7.62. The number of hydrogen-bond acceptors (Lipinski definition) is 7. The van der Waals surface area contributed by atoms with Gasteiger partial charge < -0.3 is 4.74 Å². The number of alkyl halides is 3. The van der Waals surface area contributed by atoms with Gasteiger partial charge in [-0.3, -0.25) is 25.4 Å². The maximum Gasteiger partial charge on any atom is 0.432 e. The number of nitrogens with zero attached hydrogens (tertiary/aromatic N) is 5. The zero-order valence-corrected chi connectivity index (χ0v) is 19.4. The molecule has 0 amide bonds. The molecular weight excluding hydrogens is 449 g/mol. The van der Waals surface area contributed by atoms with Crippen LogP contribution in [0.4, 0.5) is 13.2 Å². The monoisotopic (exact) mass is 476 g/mol. The molecule has 2 rings (SSSR count). The summed E-state index contributed by atoms with van der Waals surface area (Å²) in [6, 6.07) is 4.63. The van der Waals surface area contributed by atoms with Gasteiger partial charge in [0.15, 0.2) is 0 Å². The number of pyridine rings is 2. The number of halogens is 3. The molecule has 0 fully saturated rings. The van der Waals surface area contributed by atoms with Crippen molar-refractivity contribution < 1.29 is 22.7 Å². The fraction of sp³-hybridized carbons (Fsp3) is 0.348. The van der Waals surface area contributed by atoms with Crippen molar-refractivity contribution in [3.05, 3.63) is 55.0 Å². The number of fused-ring (bicyclic) bond motifs is 1. The molecule has 11 heteroatoms. The van der Waals surface area contributed by atoms with Crippen LogP contribution in [-0.4, -0.2) is 69.9 Å². The third kappa shape index (κ3) is 6.95. The predicted molar refractivity (Wildman–Crippen MR) is 125 cm³/mol. The second-order valence-electron chi connectivity index (χ2n) is 7.62. The fourth-order valence-corrected chi connectivity index (χ4v) is 2.82.